The highest BCUT2D eigenvalue weighted by atomic mass is 32.2. The molecule has 80 valence electrons. The summed E-state index contributed by atoms with van der Waals surface area (Å²) in [6.45, 7) is 6.25. The summed E-state index contributed by atoms with van der Waals surface area (Å²) >= 11 is 0. The van der Waals surface area contributed by atoms with Crippen molar-refractivity contribution in [3.05, 3.63) is 0 Å². The third-order valence-electron chi connectivity index (χ3n) is 3.29. The fourth-order valence-electron chi connectivity index (χ4n) is 1.83. The van der Waals surface area contributed by atoms with Crippen molar-refractivity contribution >= 4 is 9.84 Å². The highest BCUT2D eigenvalue weighted by Crippen LogP contribution is 2.50. The lowest BCUT2D eigenvalue weighted by Gasteiger charge is -2.47. The van der Waals surface area contributed by atoms with Gasteiger partial charge in [-0.1, -0.05) is 20.8 Å². The largest absolute Gasteiger partial charge is 0.227 e. The molecule has 0 aromatic carbocycles. The van der Waals surface area contributed by atoms with E-state index in [9.17, 15) is 8.42 Å². The molecule has 4 heteroatoms. The van der Waals surface area contributed by atoms with Crippen molar-refractivity contribution in [2.24, 2.45) is 11.3 Å². The van der Waals surface area contributed by atoms with E-state index in [1.165, 1.54) is 0 Å². The van der Waals surface area contributed by atoms with E-state index in [2.05, 4.69) is 20.8 Å². The molecule has 1 saturated carbocycles. The maximum absolute atomic E-state index is 11.4. The molecule has 0 atom stereocenters. The second-order valence-corrected chi connectivity index (χ2v) is 7.68. The second-order valence-electron chi connectivity index (χ2n) is 5.35. The third kappa shape index (κ3) is 1.66. The average molecular weight is 215 g/mol. The number of hydrogen-bond acceptors (Lipinski definition) is 3. The molecule has 1 aliphatic rings. The molecule has 0 N–H and O–H groups in total. The van der Waals surface area contributed by atoms with Gasteiger partial charge in [0.1, 0.15) is 0 Å². The number of hydrogen-bond donors (Lipinski definition) is 0. The van der Waals surface area contributed by atoms with Crippen molar-refractivity contribution in [1.29, 1.82) is 5.26 Å². The molecule has 0 aliphatic heterocycles. The maximum Gasteiger partial charge on any atom is 0.166 e. The Morgan fingerprint density at radius 2 is 1.79 bits per heavy atom. The molecule has 3 nitrogen and oxygen atoms in total. The first kappa shape index (κ1) is 11.5. The van der Waals surface area contributed by atoms with Gasteiger partial charge in [-0.25, -0.2) is 8.42 Å². The van der Waals surface area contributed by atoms with Crippen LogP contribution >= 0.6 is 0 Å². The van der Waals surface area contributed by atoms with Crippen molar-refractivity contribution < 1.29 is 8.42 Å². The highest BCUT2D eigenvalue weighted by molar-refractivity contribution is 7.92. The summed E-state index contributed by atoms with van der Waals surface area (Å²) in [4.78, 5) is 0. The molecule has 0 spiro atoms. The first-order chi connectivity index (χ1) is 6.12. The Morgan fingerprint density at radius 1 is 1.36 bits per heavy atom. The van der Waals surface area contributed by atoms with Crippen molar-refractivity contribution in [3.63, 3.8) is 0 Å². The van der Waals surface area contributed by atoms with E-state index in [4.69, 9.17) is 5.26 Å². The Kier molecular flexibility index (Phi) is 2.44. The molecular weight excluding hydrogens is 198 g/mol. The van der Waals surface area contributed by atoms with Crippen LogP contribution in [0.3, 0.4) is 0 Å². The predicted molar refractivity (Wildman–Crippen MR) is 55.4 cm³/mol. The summed E-state index contributed by atoms with van der Waals surface area (Å²) in [6.07, 6.45) is 2.15. The zero-order chi connectivity index (χ0) is 11.2. The molecule has 1 fully saturated rings. The second kappa shape index (κ2) is 2.96. The lowest BCUT2D eigenvalue weighted by molar-refractivity contribution is 0.117. The van der Waals surface area contributed by atoms with E-state index < -0.39 is 14.6 Å². The van der Waals surface area contributed by atoms with Crippen molar-refractivity contribution in [2.75, 3.05) is 6.26 Å². The van der Waals surface area contributed by atoms with Gasteiger partial charge in [-0.05, 0) is 24.2 Å². The normalized spacial score (nSPS) is 33.2. The van der Waals surface area contributed by atoms with Crippen LogP contribution in [0, 0.1) is 22.7 Å². The Labute approximate surface area is 86.0 Å². The van der Waals surface area contributed by atoms with Gasteiger partial charge in [0.15, 0.2) is 14.6 Å². The first-order valence-electron chi connectivity index (χ1n) is 4.73. The fourth-order valence-corrected chi connectivity index (χ4v) is 3.00. The van der Waals surface area contributed by atoms with E-state index in [-0.39, 0.29) is 5.41 Å². The molecule has 1 rings (SSSR count). The maximum atomic E-state index is 11.4. The Balaban J connectivity index is 2.85. The van der Waals surface area contributed by atoms with Gasteiger partial charge in [0.05, 0.1) is 6.07 Å². The average Bonchev–Trinajstić information content (AvgIpc) is 1.78. The summed E-state index contributed by atoms with van der Waals surface area (Å²) in [5.74, 6) is 0.344. The number of rotatable bonds is 1. The number of sulfone groups is 1. The van der Waals surface area contributed by atoms with Gasteiger partial charge in [0, 0.05) is 6.26 Å². The minimum atomic E-state index is -3.23. The SMILES string of the molecule is CC(C)(C)C1CC(C#N)(S(C)(=O)=O)C1. The molecule has 0 aromatic heterocycles. The van der Waals surface area contributed by atoms with Gasteiger partial charge in [0.2, 0.25) is 0 Å². The van der Waals surface area contributed by atoms with Crippen molar-refractivity contribution in [3.8, 4) is 6.07 Å². The summed E-state index contributed by atoms with van der Waals surface area (Å²) in [5, 5.41) is 8.93. The number of nitriles is 1. The monoisotopic (exact) mass is 215 g/mol. The minimum absolute atomic E-state index is 0.102. The lowest BCUT2D eigenvalue weighted by atomic mass is 9.63. The minimum Gasteiger partial charge on any atom is -0.227 e. The fraction of sp³-hybridized carbons (Fsp3) is 0.900. The molecule has 0 radical (unpaired) electrons. The van der Waals surface area contributed by atoms with Crippen LogP contribution in [0.25, 0.3) is 0 Å². The summed E-state index contributed by atoms with van der Waals surface area (Å²) in [7, 11) is -3.23. The Morgan fingerprint density at radius 3 is 2.00 bits per heavy atom. The van der Waals surface area contributed by atoms with Crippen molar-refractivity contribution in [1.82, 2.24) is 0 Å². The van der Waals surface area contributed by atoms with E-state index >= 15 is 0 Å². The zero-order valence-corrected chi connectivity index (χ0v) is 9.98. The van der Waals surface area contributed by atoms with Crippen LogP contribution in [0.2, 0.25) is 0 Å². The highest BCUT2D eigenvalue weighted by Gasteiger charge is 2.55. The van der Waals surface area contributed by atoms with Crippen LogP contribution < -0.4 is 0 Å². The van der Waals surface area contributed by atoms with E-state index in [0.717, 1.165) is 6.26 Å². The van der Waals surface area contributed by atoms with Crippen LogP contribution in [0.15, 0.2) is 0 Å². The van der Waals surface area contributed by atoms with Crippen molar-refractivity contribution in [2.45, 2.75) is 38.4 Å². The standard InChI is InChI=1S/C10H17NO2S/c1-9(2,3)8-5-10(6-8,7-11)14(4,12)13/h8H,5-6H2,1-4H3. The van der Waals surface area contributed by atoms with Crippen LogP contribution in [0.5, 0.6) is 0 Å². The van der Waals surface area contributed by atoms with Gasteiger partial charge in [-0.15, -0.1) is 0 Å². The van der Waals surface area contributed by atoms with Gasteiger partial charge in [-0.2, -0.15) is 5.26 Å². The summed E-state index contributed by atoms with van der Waals surface area (Å²) in [6, 6.07) is 1.97. The smallest absolute Gasteiger partial charge is 0.166 e. The molecule has 0 heterocycles. The topological polar surface area (TPSA) is 57.9 Å². The van der Waals surface area contributed by atoms with Gasteiger partial charge in [-0.3, -0.25) is 0 Å². The zero-order valence-electron chi connectivity index (χ0n) is 9.16. The lowest BCUT2D eigenvalue weighted by Crippen LogP contribution is -2.52. The van der Waals surface area contributed by atoms with Crippen LogP contribution in [-0.2, 0) is 9.84 Å². The molecule has 0 unspecified atom stereocenters. The number of nitrogens with zero attached hydrogens (tertiary/aromatic N) is 1. The molecule has 14 heavy (non-hydrogen) atoms. The summed E-state index contributed by atoms with van der Waals surface area (Å²) in [5.41, 5.74) is 0.102. The van der Waals surface area contributed by atoms with Crippen LogP contribution in [0.4, 0.5) is 0 Å². The summed E-state index contributed by atoms with van der Waals surface area (Å²) < 4.78 is 21.7. The third-order valence-corrected chi connectivity index (χ3v) is 5.13. The molecule has 0 bridgehead atoms. The molecular formula is C10H17NO2S. The van der Waals surface area contributed by atoms with Gasteiger partial charge in [0.25, 0.3) is 0 Å². The van der Waals surface area contributed by atoms with Gasteiger partial charge >= 0.3 is 0 Å². The Bertz CT molecular complexity index is 364. The van der Waals surface area contributed by atoms with E-state index in [1.54, 1.807) is 0 Å². The van der Waals surface area contributed by atoms with Gasteiger partial charge < -0.3 is 0 Å². The van der Waals surface area contributed by atoms with E-state index in [1.807, 2.05) is 6.07 Å². The predicted octanol–water partition coefficient (Wildman–Crippen LogP) is 1.75. The quantitative estimate of drug-likeness (QED) is 0.669. The molecule has 0 aromatic rings. The van der Waals surface area contributed by atoms with E-state index in [0.29, 0.717) is 18.8 Å². The Hall–Kier alpha value is -0.560. The van der Waals surface area contributed by atoms with Crippen LogP contribution in [-0.4, -0.2) is 19.4 Å². The van der Waals surface area contributed by atoms with Crippen LogP contribution in [0.1, 0.15) is 33.6 Å². The molecule has 0 saturated heterocycles. The first-order valence-corrected chi connectivity index (χ1v) is 6.62. The molecule has 0 amide bonds. The molecule has 1 aliphatic carbocycles.